The van der Waals surface area contributed by atoms with Crippen LogP contribution in [0.5, 0.6) is 0 Å². The largest absolute Gasteiger partial charge is 0.463 e. The minimum Gasteiger partial charge on any atom is -0.463 e. The summed E-state index contributed by atoms with van der Waals surface area (Å²) in [4.78, 5) is 60.1. The average Bonchev–Trinajstić information content (AvgIpc) is 3.80. The number of aliphatic hydroxyl groups is 1. The number of rotatable bonds is 15. The van der Waals surface area contributed by atoms with Crippen LogP contribution < -0.4 is 5.32 Å². The molecule has 2 N–H and O–H groups in total. The van der Waals surface area contributed by atoms with Gasteiger partial charge in [0.25, 0.3) is 0 Å². The lowest BCUT2D eigenvalue weighted by Crippen LogP contribution is -2.59. The van der Waals surface area contributed by atoms with Crippen molar-refractivity contribution in [2.75, 3.05) is 19.8 Å². The first kappa shape index (κ1) is 35.5. The normalized spacial score (nSPS) is 26.9. The third-order valence-corrected chi connectivity index (χ3v) is 11.1. The van der Waals surface area contributed by atoms with Crippen LogP contribution in [0.1, 0.15) is 81.0 Å². The molecule has 2 aromatic carbocycles. The van der Waals surface area contributed by atoms with Gasteiger partial charge in [0.2, 0.25) is 17.7 Å². The van der Waals surface area contributed by atoms with Crippen LogP contribution in [0.3, 0.4) is 0 Å². The lowest BCUT2D eigenvalue weighted by molar-refractivity contribution is -0.153. The quantitative estimate of drug-likeness (QED) is 0.204. The molecule has 0 unspecified atom stereocenters. The number of carbonyl (C=O) groups excluding carboxylic acids is 4. The maximum Gasteiger partial charge on any atom is 0.306 e. The van der Waals surface area contributed by atoms with E-state index < -0.39 is 60.1 Å². The molecule has 0 aromatic heterocycles. The van der Waals surface area contributed by atoms with Gasteiger partial charge in [-0.1, -0.05) is 92.1 Å². The topological polar surface area (TPSA) is 125 Å². The summed E-state index contributed by atoms with van der Waals surface area (Å²) in [7, 11) is 0. The van der Waals surface area contributed by atoms with E-state index in [1.54, 1.807) is 12.2 Å². The van der Waals surface area contributed by atoms with E-state index in [-0.39, 0.29) is 30.9 Å². The van der Waals surface area contributed by atoms with Crippen molar-refractivity contribution in [3.63, 3.8) is 0 Å². The highest BCUT2D eigenvalue weighted by molar-refractivity contribution is 5.99. The molecule has 3 aliphatic heterocycles. The molecule has 1 spiro atoms. The summed E-state index contributed by atoms with van der Waals surface area (Å²) >= 11 is 0. The molecule has 2 aromatic rings. The van der Waals surface area contributed by atoms with Gasteiger partial charge in [-0.15, -0.1) is 13.2 Å². The first-order valence-corrected chi connectivity index (χ1v) is 18.0. The molecule has 4 fully saturated rings. The van der Waals surface area contributed by atoms with E-state index in [9.17, 15) is 24.3 Å². The molecule has 3 saturated heterocycles. The number of amides is 3. The monoisotopic (exact) mass is 683 g/mol. The number of nitrogens with one attached hydrogen (secondary N) is 1. The highest BCUT2D eigenvalue weighted by Crippen LogP contribution is 2.60. The summed E-state index contributed by atoms with van der Waals surface area (Å²) in [6, 6.07) is 16.0. The molecule has 4 aliphatic rings. The Kier molecular flexibility index (Phi) is 11.2. The summed E-state index contributed by atoms with van der Waals surface area (Å²) in [6.07, 6.45) is 9.29. The molecule has 50 heavy (non-hydrogen) atoms. The van der Waals surface area contributed by atoms with E-state index in [1.165, 1.54) is 4.90 Å². The number of fused-ring (bicyclic) bond motifs is 1. The molecule has 0 radical (unpaired) electrons. The first-order valence-electron chi connectivity index (χ1n) is 18.0. The Bertz CT molecular complexity index is 1540. The summed E-state index contributed by atoms with van der Waals surface area (Å²) in [5.41, 5.74) is 0.209. The number of esters is 1. The van der Waals surface area contributed by atoms with Gasteiger partial charge in [-0.25, -0.2) is 0 Å². The number of carbonyl (C=O) groups is 4. The molecule has 1 saturated carbocycles. The van der Waals surface area contributed by atoms with Crippen molar-refractivity contribution >= 4 is 23.7 Å². The van der Waals surface area contributed by atoms with E-state index in [0.717, 1.165) is 37.7 Å². The van der Waals surface area contributed by atoms with Crippen LogP contribution in [0.15, 0.2) is 86.0 Å². The number of benzene rings is 2. The number of hydrogen-bond donors (Lipinski definition) is 2. The standard InChI is InChI=1S/C40H49N3O7/c1-3-5-21-33(45)49-26-30(27-15-9-6-10-16-27)41-37(46)34-32-22-23-40(50-32)35(34)38(47)43(31(25-44)28-17-11-7-12-18-28)36(40)39(48)42(24-4-2)29-19-13-8-14-20-29/h3-4,6-7,9-12,15-18,29-32,34-36,44H,1-2,5,8,13-14,19-26H2,(H,41,46)/t30-,31+,32+,34-,35-,36+,40-/m0/s1. The third-order valence-electron chi connectivity index (χ3n) is 11.1. The first-order chi connectivity index (χ1) is 24.3. The molecule has 266 valence electrons. The predicted octanol–water partition coefficient (Wildman–Crippen LogP) is 4.81. The van der Waals surface area contributed by atoms with Crippen molar-refractivity contribution in [3.05, 3.63) is 97.1 Å². The number of allylic oxidation sites excluding steroid dienone is 1. The van der Waals surface area contributed by atoms with E-state index >= 15 is 0 Å². The Balaban J connectivity index is 1.35. The smallest absolute Gasteiger partial charge is 0.306 e. The lowest BCUT2D eigenvalue weighted by atomic mass is 9.70. The van der Waals surface area contributed by atoms with Crippen molar-refractivity contribution in [1.29, 1.82) is 0 Å². The fourth-order valence-corrected chi connectivity index (χ4v) is 8.79. The van der Waals surface area contributed by atoms with Gasteiger partial charge in [-0.05, 0) is 43.2 Å². The molecule has 1 aliphatic carbocycles. The van der Waals surface area contributed by atoms with Crippen LogP contribution >= 0.6 is 0 Å². The maximum absolute atomic E-state index is 15.0. The molecule has 2 bridgehead atoms. The van der Waals surface area contributed by atoms with Gasteiger partial charge < -0.3 is 29.7 Å². The van der Waals surface area contributed by atoms with Crippen LogP contribution in [-0.4, -0.2) is 82.1 Å². The van der Waals surface area contributed by atoms with Crippen LogP contribution in [0.25, 0.3) is 0 Å². The number of ether oxygens (including phenoxy) is 2. The van der Waals surface area contributed by atoms with Gasteiger partial charge in [0.15, 0.2) is 0 Å². The van der Waals surface area contributed by atoms with E-state index in [0.29, 0.717) is 31.4 Å². The van der Waals surface area contributed by atoms with Gasteiger partial charge in [-0.3, -0.25) is 19.2 Å². The third kappa shape index (κ3) is 6.75. The van der Waals surface area contributed by atoms with Crippen LogP contribution in [-0.2, 0) is 28.7 Å². The molecule has 3 amide bonds. The summed E-state index contributed by atoms with van der Waals surface area (Å²) in [5, 5.41) is 13.9. The van der Waals surface area contributed by atoms with Gasteiger partial charge in [-0.2, -0.15) is 0 Å². The molecule has 10 nitrogen and oxygen atoms in total. The molecule has 3 heterocycles. The Morgan fingerprint density at radius 1 is 1.00 bits per heavy atom. The number of nitrogens with zero attached hydrogens (tertiary/aromatic N) is 2. The zero-order chi connectivity index (χ0) is 35.3. The molecular weight excluding hydrogens is 634 g/mol. The molecular formula is C40H49N3O7. The van der Waals surface area contributed by atoms with E-state index in [2.05, 4.69) is 18.5 Å². The summed E-state index contributed by atoms with van der Waals surface area (Å²) < 4.78 is 12.3. The van der Waals surface area contributed by atoms with Gasteiger partial charge in [0, 0.05) is 19.0 Å². The van der Waals surface area contributed by atoms with Gasteiger partial charge in [0.05, 0.1) is 36.6 Å². The van der Waals surface area contributed by atoms with Crippen molar-refractivity contribution in [2.45, 2.75) is 93.7 Å². The molecule has 7 atom stereocenters. The minimum atomic E-state index is -1.24. The predicted molar refractivity (Wildman–Crippen MR) is 187 cm³/mol. The van der Waals surface area contributed by atoms with Gasteiger partial charge >= 0.3 is 5.97 Å². The van der Waals surface area contributed by atoms with Crippen molar-refractivity contribution in [1.82, 2.24) is 15.1 Å². The zero-order valence-electron chi connectivity index (χ0n) is 28.7. The fourth-order valence-electron chi connectivity index (χ4n) is 8.79. The second-order valence-corrected chi connectivity index (χ2v) is 14.0. The highest BCUT2D eigenvalue weighted by Gasteiger charge is 2.75. The number of hydrogen-bond acceptors (Lipinski definition) is 7. The van der Waals surface area contributed by atoms with Gasteiger partial charge in [0.1, 0.15) is 18.2 Å². The Hall–Kier alpha value is -4.28. The second-order valence-electron chi connectivity index (χ2n) is 14.0. The average molecular weight is 684 g/mol. The van der Waals surface area contributed by atoms with Crippen LogP contribution in [0.2, 0.25) is 0 Å². The highest BCUT2D eigenvalue weighted by atomic mass is 16.5. The Morgan fingerprint density at radius 2 is 1.68 bits per heavy atom. The lowest BCUT2D eigenvalue weighted by Gasteiger charge is -2.42. The Labute approximate surface area is 294 Å². The van der Waals surface area contributed by atoms with Crippen LogP contribution in [0.4, 0.5) is 0 Å². The number of likely N-dealkylation sites (tertiary alicyclic amines) is 1. The van der Waals surface area contributed by atoms with Crippen molar-refractivity contribution in [3.8, 4) is 0 Å². The second kappa shape index (κ2) is 15.7. The summed E-state index contributed by atoms with van der Waals surface area (Å²) in [5.74, 6) is -3.20. The minimum absolute atomic E-state index is 0.00414. The maximum atomic E-state index is 15.0. The molecule has 10 heteroatoms. The van der Waals surface area contributed by atoms with Crippen molar-refractivity contribution < 1.29 is 33.8 Å². The fraction of sp³-hybridized carbons (Fsp3) is 0.500. The van der Waals surface area contributed by atoms with Crippen LogP contribution in [0, 0.1) is 11.8 Å². The Morgan fingerprint density at radius 3 is 2.32 bits per heavy atom. The van der Waals surface area contributed by atoms with E-state index in [4.69, 9.17) is 9.47 Å². The summed E-state index contributed by atoms with van der Waals surface area (Å²) in [6.45, 7) is 7.44. The van der Waals surface area contributed by atoms with Crippen molar-refractivity contribution in [2.24, 2.45) is 11.8 Å². The molecule has 6 rings (SSSR count). The zero-order valence-corrected chi connectivity index (χ0v) is 28.7. The van der Waals surface area contributed by atoms with E-state index in [1.807, 2.05) is 65.6 Å². The SMILES string of the molecule is C=CCCC(=O)OC[C@H](NC(=O)[C@@H]1[C@H]2C(=O)N([C@H](CO)c3ccccc3)[C@H](C(=O)N(CC=C)C3CCCCC3)[C@]23CC[C@H]1O3)c1ccccc1. The number of aliphatic hydroxyl groups excluding tert-OH is 1.